The monoisotopic (exact) mass is 250 g/mol. The number of carbonyl (C=O) groups is 1. The van der Waals surface area contributed by atoms with Crippen LogP contribution in [0.4, 0.5) is 10.1 Å². The van der Waals surface area contributed by atoms with Gasteiger partial charge in [-0.1, -0.05) is 25.0 Å². The molecule has 0 spiro atoms. The van der Waals surface area contributed by atoms with Gasteiger partial charge in [0.05, 0.1) is 11.6 Å². The van der Waals surface area contributed by atoms with Crippen LogP contribution in [0, 0.1) is 11.7 Å². The number of carbonyl (C=O) groups excluding carboxylic acids is 1. The molecular weight excluding hydrogens is 231 g/mol. The summed E-state index contributed by atoms with van der Waals surface area (Å²) in [5, 5.41) is 2.64. The zero-order valence-electron chi connectivity index (χ0n) is 10.6. The molecule has 0 saturated heterocycles. The van der Waals surface area contributed by atoms with E-state index in [0.29, 0.717) is 0 Å². The predicted octanol–water partition coefficient (Wildman–Crippen LogP) is 2.67. The van der Waals surface area contributed by atoms with Crippen LogP contribution in [-0.4, -0.2) is 11.4 Å². The van der Waals surface area contributed by atoms with E-state index >= 15 is 0 Å². The number of benzene rings is 1. The summed E-state index contributed by atoms with van der Waals surface area (Å²) in [6.45, 7) is 1.90. The molecule has 2 rings (SSSR count). The van der Waals surface area contributed by atoms with Crippen molar-refractivity contribution in [3.8, 4) is 0 Å². The smallest absolute Gasteiger partial charge is 0.229 e. The summed E-state index contributed by atoms with van der Waals surface area (Å²) in [7, 11) is 0. The molecule has 1 aliphatic rings. The van der Waals surface area contributed by atoms with Crippen LogP contribution in [0.2, 0.25) is 0 Å². The molecule has 3 N–H and O–H groups in total. The Balaban J connectivity index is 2.10. The third-order valence-electron chi connectivity index (χ3n) is 3.70. The van der Waals surface area contributed by atoms with E-state index in [1.54, 1.807) is 18.2 Å². The van der Waals surface area contributed by atoms with E-state index in [-0.39, 0.29) is 17.5 Å². The van der Waals surface area contributed by atoms with Gasteiger partial charge in [-0.2, -0.15) is 0 Å². The van der Waals surface area contributed by atoms with Crippen molar-refractivity contribution < 1.29 is 9.18 Å². The molecule has 3 nitrogen and oxygen atoms in total. The van der Waals surface area contributed by atoms with E-state index in [2.05, 4.69) is 5.32 Å². The average molecular weight is 250 g/mol. The van der Waals surface area contributed by atoms with Gasteiger partial charge in [-0.25, -0.2) is 4.39 Å². The summed E-state index contributed by atoms with van der Waals surface area (Å²) in [6, 6.07) is 6.18. The summed E-state index contributed by atoms with van der Waals surface area (Å²) < 4.78 is 13.5. The Morgan fingerprint density at radius 1 is 1.44 bits per heavy atom. The Labute approximate surface area is 107 Å². The highest BCUT2D eigenvalue weighted by molar-refractivity contribution is 5.93. The van der Waals surface area contributed by atoms with Gasteiger partial charge in [-0.05, 0) is 31.9 Å². The van der Waals surface area contributed by atoms with Crippen LogP contribution in [0.5, 0.6) is 0 Å². The van der Waals surface area contributed by atoms with Crippen LogP contribution in [0.1, 0.15) is 32.6 Å². The molecule has 98 valence electrons. The lowest BCUT2D eigenvalue weighted by molar-refractivity contribution is -0.122. The number of nitrogens with two attached hydrogens (primary N) is 1. The summed E-state index contributed by atoms with van der Waals surface area (Å²) >= 11 is 0. The average Bonchev–Trinajstić information content (AvgIpc) is 2.31. The number of hydrogen-bond acceptors (Lipinski definition) is 2. The minimum absolute atomic E-state index is 0.176. The maximum atomic E-state index is 13.5. The molecule has 0 aliphatic heterocycles. The highest BCUT2D eigenvalue weighted by atomic mass is 19.1. The summed E-state index contributed by atoms with van der Waals surface area (Å²) in [6.07, 6.45) is 3.66. The van der Waals surface area contributed by atoms with Gasteiger partial charge in [0.1, 0.15) is 5.82 Å². The standard InChI is InChI=1S/C14H19FN2O/c1-14(16)9-5-4-6-10(14)13(18)17-12-8-3-2-7-11(12)15/h2-3,7-8,10H,4-6,9,16H2,1H3,(H,17,18). The fourth-order valence-electron chi connectivity index (χ4n) is 2.57. The van der Waals surface area contributed by atoms with Crippen LogP contribution >= 0.6 is 0 Å². The fraction of sp³-hybridized carbons (Fsp3) is 0.500. The van der Waals surface area contributed by atoms with Gasteiger partial charge in [0.2, 0.25) is 5.91 Å². The fourth-order valence-corrected chi connectivity index (χ4v) is 2.57. The normalized spacial score (nSPS) is 27.8. The molecule has 18 heavy (non-hydrogen) atoms. The van der Waals surface area contributed by atoms with E-state index in [1.807, 2.05) is 6.92 Å². The van der Waals surface area contributed by atoms with Gasteiger partial charge >= 0.3 is 0 Å². The summed E-state index contributed by atoms with van der Waals surface area (Å²) in [4.78, 5) is 12.2. The first-order valence-electron chi connectivity index (χ1n) is 6.35. The van der Waals surface area contributed by atoms with Gasteiger partial charge in [-0.3, -0.25) is 4.79 Å². The van der Waals surface area contributed by atoms with Crippen molar-refractivity contribution in [2.45, 2.75) is 38.1 Å². The first kappa shape index (κ1) is 13.0. The highest BCUT2D eigenvalue weighted by Crippen LogP contribution is 2.32. The molecule has 0 bridgehead atoms. The van der Waals surface area contributed by atoms with Crippen LogP contribution in [0.15, 0.2) is 24.3 Å². The van der Waals surface area contributed by atoms with E-state index in [0.717, 1.165) is 25.7 Å². The number of nitrogens with one attached hydrogen (secondary N) is 1. The van der Waals surface area contributed by atoms with Gasteiger partial charge in [-0.15, -0.1) is 0 Å². The molecule has 1 aromatic rings. The zero-order chi connectivity index (χ0) is 13.2. The van der Waals surface area contributed by atoms with E-state index in [1.165, 1.54) is 6.07 Å². The lowest BCUT2D eigenvalue weighted by Gasteiger charge is -2.37. The van der Waals surface area contributed by atoms with Crippen molar-refractivity contribution in [3.05, 3.63) is 30.1 Å². The number of anilines is 1. The maximum Gasteiger partial charge on any atom is 0.229 e. The van der Waals surface area contributed by atoms with Crippen molar-refractivity contribution in [1.82, 2.24) is 0 Å². The van der Waals surface area contributed by atoms with Crippen molar-refractivity contribution in [1.29, 1.82) is 0 Å². The zero-order valence-corrected chi connectivity index (χ0v) is 10.6. The van der Waals surface area contributed by atoms with Crippen molar-refractivity contribution in [2.75, 3.05) is 5.32 Å². The second-order valence-electron chi connectivity index (χ2n) is 5.27. The summed E-state index contributed by atoms with van der Waals surface area (Å²) in [5.74, 6) is -0.837. The Morgan fingerprint density at radius 2 is 2.17 bits per heavy atom. The number of halogens is 1. The number of hydrogen-bond donors (Lipinski definition) is 2. The molecule has 0 aromatic heterocycles. The quantitative estimate of drug-likeness (QED) is 0.847. The van der Waals surface area contributed by atoms with Gasteiger partial charge in [0.15, 0.2) is 0 Å². The van der Waals surface area contributed by atoms with E-state index in [9.17, 15) is 9.18 Å². The maximum absolute atomic E-state index is 13.5. The van der Waals surface area contributed by atoms with Gasteiger partial charge in [0.25, 0.3) is 0 Å². The molecule has 1 fully saturated rings. The van der Waals surface area contributed by atoms with Crippen molar-refractivity contribution in [3.63, 3.8) is 0 Å². The number of amides is 1. The number of para-hydroxylation sites is 1. The second-order valence-corrected chi connectivity index (χ2v) is 5.27. The molecule has 1 amide bonds. The van der Waals surface area contributed by atoms with Gasteiger partial charge < -0.3 is 11.1 Å². The largest absolute Gasteiger partial charge is 0.325 e. The Hall–Kier alpha value is -1.42. The topological polar surface area (TPSA) is 55.1 Å². The Morgan fingerprint density at radius 3 is 2.83 bits per heavy atom. The molecule has 1 saturated carbocycles. The van der Waals surface area contributed by atoms with E-state index in [4.69, 9.17) is 5.73 Å². The molecule has 2 unspecified atom stereocenters. The SMILES string of the molecule is CC1(N)CCCCC1C(=O)Nc1ccccc1F. The van der Waals surface area contributed by atoms with Crippen LogP contribution in [0.3, 0.4) is 0 Å². The highest BCUT2D eigenvalue weighted by Gasteiger charge is 2.37. The molecule has 0 heterocycles. The lowest BCUT2D eigenvalue weighted by atomic mass is 9.74. The third kappa shape index (κ3) is 2.70. The molecule has 0 radical (unpaired) electrons. The molecule has 1 aromatic carbocycles. The third-order valence-corrected chi connectivity index (χ3v) is 3.70. The molecule has 1 aliphatic carbocycles. The lowest BCUT2D eigenvalue weighted by Crippen LogP contribution is -2.51. The first-order chi connectivity index (χ1) is 8.50. The minimum Gasteiger partial charge on any atom is -0.325 e. The minimum atomic E-state index is -0.492. The van der Waals surface area contributed by atoms with Gasteiger partial charge in [0, 0.05) is 5.54 Å². The van der Waals surface area contributed by atoms with Crippen molar-refractivity contribution in [2.24, 2.45) is 11.7 Å². The Kier molecular flexibility index (Phi) is 3.66. The second kappa shape index (κ2) is 5.06. The van der Waals surface area contributed by atoms with Crippen molar-refractivity contribution >= 4 is 11.6 Å². The summed E-state index contributed by atoms with van der Waals surface area (Å²) in [5.41, 5.74) is 5.89. The molecular formula is C14H19FN2O. The Bertz CT molecular complexity index is 445. The predicted molar refractivity (Wildman–Crippen MR) is 69.6 cm³/mol. The van der Waals surface area contributed by atoms with Crippen LogP contribution in [0.25, 0.3) is 0 Å². The first-order valence-corrected chi connectivity index (χ1v) is 6.35. The molecule has 2 atom stereocenters. The number of rotatable bonds is 2. The van der Waals surface area contributed by atoms with Crippen LogP contribution in [-0.2, 0) is 4.79 Å². The van der Waals surface area contributed by atoms with E-state index < -0.39 is 11.4 Å². The molecule has 4 heteroatoms. The van der Waals surface area contributed by atoms with Crippen LogP contribution < -0.4 is 11.1 Å².